The number of hydrogen-bond donors (Lipinski definition) is 1. The number of nitrogens with one attached hydrogen (secondary N) is 1. The third kappa shape index (κ3) is 3.95. The van der Waals surface area contributed by atoms with E-state index in [1.807, 2.05) is 31.2 Å². The maximum atomic E-state index is 12.2. The fraction of sp³-hybridized carbons (Fsp3) is 0.0588. The number of carbonyl (C=O) groups is 1. The first-order valence-electron chi connectivity index (χ1n) is 6.34. The summed E-state index contributed by atoms with van der Waals surface area (Å²) < 4.78 is 0. The van der Waals surface area contributed by atoms with Crippen LogP contribution in [-0.4, -0.2) is 5.91 Å². The van der Waals surface area contributed by atoms with E-state index >= 15 is 0 Å². The molecule has 21 heavy (non-hydrogen) atoms. The lowest BCUT2D eigenvalue weighted by molar-refractivity contribution is -0.112. The van der Waals surface area contributed by atoms with Gasteiger partial charge in [-0.25, -0.2) is 0 Å². The van der Waals surface area contributed by atoms with Crippen molar-refractivity contribution in [3.05, 3.63) is 70.3 Å². The number of nitriles is 1. The summed E-state index contributed by atoms with van der Waals surface area (Å²) in [6.07, 6.45) is 1.51. The summed E-state index contributed by atoms with van der Waals surface area (Å²) in [5.41, 5.74) is 2.36. The molecule has 0 aromatic heterocycles. The fourth-order valence-corrected chi connectivity index (χ4v) is 2.01. The third-order valence-corrected chi connectivity index (χ3v) is 3.15. The van der Waals surface area contributed by atoms with Gasteiger partial charge in [0.1, 0.15) is 11.6 Å². The Labute approximate surface area is 128 Å². The highest BCUT2D eigenvalue weighted by atomic mass is 35.5. The van der Waals surface area contributed by atoms with E-state index in [1.54, 1.807) is 30.3 Å². The summed E-state index contributed by atoms with van der Waals surface area (Å²) >= 11 is 5.89. The van der Waals surface area contributed by atoms with Gasteiger partial charge in [-0.1, -0.05) is 41.9 Å². The average molecular weight is 297 g/mol. The number of nitrogens with zero attached hydrogens (tertiary/aromatic N) is 1. The average Bonchev–Trinajstić information content (AvgIpc) is 2.47. The van der Waals surface area contributed by atoms with Crippen LogP contribution in [0.1, 0.15) is 11.1 Å². The topological polar surface area (TPSA) is 52.9 Å². The lowest BCUT2D eigenvalue weighted by Gasteiger charge is -2.07. The molecule has 104 valence electrons. The van der Waals surface area contributed by atoms with Crippen molar-refractivity contribution >= 4 is 29.3 Å². The van der Waals surface area contributed by atoms with Gasteiger partial charge in [-0.2, -0.15) is 5.26 Å². The first-order valence-corrected chi connectivity index (χ1v) is 6.72. The molecule has 4 heteroatoms. The zero-order chi connectivity index (χ0) is 15.2. The Balaban J connectivity index is 2.24. The van der Waals surface area contributed by atoms with Crippen molar-refractivity contribution in [2.75, 3.05) is 5.32 Å². The molecule has 0 aliphatic heterocycles. The van der Waals surface area contributed by atoms with Crippen molar-refractivity contribution in [3.8, 4) is 6.07 Å². The van der Waals surface area contributed by atoms with Crippen LogP contribution in [0.4, 0.5) is 5.69 Å². The quantitative estimate of drug-likeness (QED) is 0.682. The van der Waals surface area contributed by atoms with Gasteiger partial charge in [0, 0.05) is 10.7 Å². The molecule has 0 fully saturated rings. The molecule has 0 unspecified atom stereocenters. The molecule has 0 aliphatic rings. The molecule has 2 aromatic carbocycles. The molecule has 0 spiro atoms. The summed E-state index contributed by atoms with van der Waals surface area (Å²) in [4.78, 5) is 12.2. The standard InChI is InChI=1S/C17H13ClN2O/c1-12-5-2-3-8-16(12)20-17(21)14(11-19)9-13-6-4-7-15(18)10-13/h2-10H,1H3,(H,20,21)/b14-9+. The van der Waals surface area contributed by atoms with E-state index < -0.39 is 5.91 Å². The van der Waals surface area contributed by atoms with Crippen molar-refractivity contribution in [1.29, 1.82) is 5.26 Å². The number of aryl methyl sites for hydroxylation is 1. The summed E-state index contributed by atoms with van der Waals surface area (Å²) in [5, 5.41) is 12.5. The van der Waals surface area contributed by atoms with E-state index in [2.05, 4.69) is 5.32 Å². The molecular weight excluding hydrogens is 284 g/mol. The van der Waals surface area contributed by atoms with Crippen LogP contribution in [0.3, 0.4) is 0 Å². The van der Waals surface area contributed by atoms with E-state index in [-0.39, 0.29) is 5.57 Å². The first-order chi connectivity index (χ1) is 10.1. The molecule has 0 bridgehead atoms. The van der Waals surface area contributed by atoms with Crippen LogP contribution in [0.2, 0.25) is 5.02 Å². The minimum absolute atomic E-state index is 0.0283. The van der Waals surface area contributed by atoms with Crippen LogP contribution in [-0.2, 0) is 4.79 Å². The maximum absolute atomic E-state index is 12.2. The van der Waals surface area contributed by atoms with Crippen LogP contribution in [0.5, 0.6) is 0 Å². The Kier molecular flexibility index (Phi) is 4.76. The summed E-state index contributed by atoms with van der Waals surface area (Å²) in [7, 11) is 0. The number of carbonyl (C=O) groups excluding carboxylic acids is 1. The second kappa shape index (κ2) is 6.74. The second-order valence-electron chi connectivity index (χ2n) is 4.49. The number of halogens is 1. The Morgan fingerprint density at radius 3 is 2.67 bits per heavy atom. The molecule has 3 nitrogen and oxygen atoms in total. The minimum Gasteiger partial charge on any atom is -0.321 e. The van der Waals surface area contributed by atoms with Gasteiger partial charge < -0.3 is 5.32 Å². The minimum atomic E-state index is -0.438. The van der Waals surface area contributed by atoms with E-state index in [9.17, 15) is 4.79 Å². The van der Waals surface area contributed by atoms with E-state index in [0.29, 0.717) is 16.3 Å². The molecule has 0 atom stereocenters. The smallest absolute Gasteiger partial charge is 0.266 e. The second-order valence-corrected chi connectivity index (χ2v) is 4.93. The van der Waals surface area contributed by atoms with Crippen LogP contribution in [0.15, 0.2) is 54.1 Å². The van der Waals surface area contributed by atoms with Crippen LogP contribution < -0.4 is 5.32 Å². The van der Waals surface area contributed by atoms with E-state index in [4.69, 9.17) is 16.9 Å². The number of rotatable bonds is 3. The van der Waals surface area contributed by atoms with E-state index in [1.165, 1.54) is 6.08 Å². The lowest BCUT2D eigenvalue weighted by atomic mass is 10.1. The maximum Gasteiger partial charge on any atom is 0.266 e. The molecule has 2 rings (SSSR count). The van der Waals surface area contributed by atoms with Gasteiger partial charge in [0.25, 0.3) is 5.91 Å². The van der Waals surface area contributed by atoms with Gasteiger partial charge in [0.15, 0.2) is 0 Å². The van der Waals surface area contributed by atoms with Gasteiger partial charge >= 0.3 is 0 Å². The van der Waals surface area contributed by atoms with Crippen molar-refractivity contribution in [2.24, 2.45) is 0 Å². The highest BCUT2D eigenvalue weighted by Gasteiger charge is 2.10. The lowest BCUT2D eigenvalue weighted by Crippen LogP contribution is -2.14. The van der Waals surface area contributed by atoms with Crippen molar-refractivity contribution < 1.29 is 4.79 Å². The largest absolute Gasteiger partial charge is 0.321 e. The number of benzene rings is 2. The summed E-state index contributed by atoms with van der Waals surface area (Å²) in [6.45, 7) is 1.89. The fourth-order valence-electron chi connectivity index (χ4n) is 1.81. The van der Waals surface area contributed by atoms with Gasteiger partial charge in [-0.05, 0) is 42.3 Å². The number of para-hydroxylation sites is 1. The Hall–Kier alpha value is -2.57. The molecule has 0 radical (unpaired) electrons. The first kappa shape index (κ1) is 14.8. The normalized spacial score (nSPS) is 10.8. The predicted octanol–water partition coefficient (Wildman–Crippen LogP) is 4.19. The van der Waals surface area contributed by atoms with Gasteiger partial charge in [-0.3, -0.25) is 4.79 Å². The molecule has 0 aliphatic carbocycles. The zero-order valence-corrected chi connectivity index (χ0v) is 12.2. The van der Waals surface area contributed by atoms with Crippen LogP contribution >= 0.6 is 11.6 Å². The van der Waals surface area contributed by atoms with Gasteiger partial charge in [0.2, 0.25) is 0 Å². The predicted molar refractivity (Wildman–Crippen MR) is 84.9 cm³/mol. The van der Waals surface area contributed by atoms with Crippen molar-refractivity contribution in [1.82, 2.24) is 0 Å². The molecule has 1 amide bonds. The Morgan fingerprint density at radius 2 is 2.00 bits per heavy atom. The van der Waals surface area contributed by atoms with Crippen molar-refractivity contribution in [2.45, 2.75) is 6.92 Å². The third-order valence-electron chi connectivity index (χ3n) is 2.92. The summed E-state index contributed by atoms with van der Waals surface area (Å²) in [5.74, 6) is -0.438. The van der Waals surface area contributed by atoms with Gasteiger partial charge in [-0.15, -0.1) is 0 Å². The van der Waals surface area contributed by atoms with E-state index in [0.717, 1.165) is 5.56 Å². The molecule has 0 saturated carbocycles. The highest BCUT2D eigenvalue weighted by molar-refractivity contribution is 6.30. The number of amides is 1. The molecule has 2 aromatic rings. The van der Waals surface area contributed by atoms with Crippen LogP contribution in [0, 0.1) is 18.3 Å². The Bertz CT molecular complexity index is 744. The molecule has 0 saturated heterocycles. The zero-order valence-electron chi connectivity index (χ0n) is 11.4. The van der Waals surface area contributed by atoms with Crippen molar-refractivity contribution in [3.63, 3.8) is 0 Å². The number of anilines is 1. The summed E-state index contributed by atoms with van der Waals surface area (Å²) in [6, 6.07) is 16.3. The highest BCUT2D eigenvalue weighted by Crippen LogP contribution is 2.17. The number of hydrogen-bond acceptors (Lipinski definition) is 2. The SMILES string of the molecule is Cc1ccccc1NC(=O)/C(C#N)=C/c1cccc(Cl)c1. The monoisotopic (exact) mass is 296 g/mol. The van der Waals surface area contributed by atoms with Gasteiger partial charge in [0.05, 0.1) is 0 Å². The molecule has 0 heterocycles. The Morgan fingerprint density at radius 1 is 1.24 bits per heavy atom. The van der Waals surface area contributed by atoms with Crippen LogP contribution in [0.25, 0.3) is 6.08 Å². The molecular formula is C17H13ClN2O. The molecule has 1 N–H and O–H groups in total.